The number of benzene rings is 3. The number of esters is 2. The molecule has 1 aromatic heterocycles. The molecule has 0 fully saturated rings. The minimum atomic E-state index is -0.832. The summed E-state index contributed by atoms with van der Waals surface area (Å²) >= 11 is 7.84. The van der Waals surface area contributed by atoms with Crippen LogP contribution in [0.1, 0.15) is 53.9 Å². The van der Waals surface area contributed by atoms with Crippen molar-refractivity contribution in [1.82, 2.24) is 4.57 Å². The molecule has 0 aliphatic carbocycles. The number of halogens is 1. The first-order chi connectivity index (χ1) is 23.7. The van der Waals surface area contributed by atoms with Crippen LogP contribution in [0.15, 0.2) is 76.2 Å². The molecule has 11 nitrogen and oxygen atoms in total. The van der Waals surface area contributed by atoms with Crippen LogP contribution in [-0.4, -0.2) is 50.5 Å². The van der Waals surface area contributed by atoms with Crippen molar-refractivity contribution in [3.05, 3.63) is 113 Å². The van der Waals surface area contributed by atoms with Gasteiger partial charge in [-0.3, -0.25) is 9.36 Å². The first-order valence-corrected chi connectivity index (χ1v) is 16.7. The average molecular weight is 707 g/mol. The molecule has 1 aliphatic rings. The van der Waals surface area contributed by atoms with Gasteiger partial charge in [-0.05, 0) is 79.9 Å². The fraction of sp³-hybridized carbons (Fsp3) is 0.278. The Morgan fingerprint density at radius 1 is 0.898 bits per heavy atom. The van der Waals surface area contributed by atoms with Crippen molar-refractivity contribution in [3.63, 3.8) is 0 Å². The lowest BCUT2D eigenvalue weighted by Crippen LogP contribution is -2.39. The van der Waals surface area contributed by atoms with Crippen molar-refractivity contribution >= 4 is 41.0 Å². The molecule has 0 radical (unpaired) electrons. The molecular formula is C36H35ClN2O9S. The fourth-order valence-electron chi connectivity index (χ4n) is 5.21. The molecule has 0 saturated heterocycles. The van der Waals surface area contributed by atoms with E-state index in [0.717, 1.165) is 5.56 Å². The molecule has 0 saturated carbocycles. The zero-order chi connectivity index (χ0) is 35.1. The van der Waals surface area contributed by atoms with Crippen LogP contribution in [0.3, 0.4) is 0 Å². The third kappa shape index (κ3) is 7.65. The van der Waals surface area contributed by atoms with Gasteiger partial charge < -0.3 is 28.4 Å². The van der Waals surface area contributed by atoms with Gasteiger partial charge in [-0.15, -0.1) is 0 Å². The molecule has 0 bridgehead atoms. The molecule has 0 spiro atoms. The summed E-state index contributed by atoms with van der Waals surface area (Å²) in [7, 11) is 2.77. The number of ether oxygens (including phenoxy) is 6. The van der Waals surface area contributed by atoms with E-state index in [2.05, 4.69) is 4.99 Å². The van der Waals surface area contributed by atoms with Crippen LogP contribution >= 0.6 is 22.9 Å². The highest BCUT2D eigenvalue weighted by Crippen LogP contribution is 2.38. The van der Waals surface area contributed by atoms with Crippen molar-refractivity contribution in [2.75, 3.05) is 34.0 Å². The van der Waals surface area contributed by atoms with E-state index in [1.54, 1.807) is 67.6 Å². The number of methoxy groups -OCH3 is 2. The van der Waals surface area contributed by atoms with Gasteiger partial charge in [0, 0.05) is 6.20 Å². The second-order valence-electron chi connectivity index (χ2n) is 10.5. The number of nitrogens with zero attached hydrogens (tertiary/aromatic N) is 2. The number of thiazole rings is 1. The first-order valence-electron chi connectivity index (χ1n) is 15.5. The highest BCUT2D eigenvalue weighted by Gasteiger charge is 2.31. The van der Waals surface area contributed by atoms with Crippen molar-refractivity contribution in [3.8, 4) is 23.0 Å². The summed E-state index contributed by atoms with van der Waals surface area (Å²) in [6, 6.07) is 14.7. The molecule has 0 unspecified atom stereocenters. The highest BCUT2D eigenvalue weighted by atomic mass is 35.5. The lowest BCUT2D eigenvalue weighted by atomic mass is 9.97. The lowest BCUT2D eigenvalue weighted by molar-refractivity contribution is -0.136. The van der Waals surface area contributed by atoms with Gasteiger partial charge >= 0.3 is 11.9 Å². The predicted octanol–water partition coefficient (Wildman–Crippen LogP) is 5.23. The van der Waals surface area contributed by atoms with Crippen LogP contribution < -0.4 is 33.8 Å². The molecule has 1 atom stereocenters. The second-order valence-corrected chi connectivity index (χ2v) is 11.9. The zero-order valence-electron chi connectivity index (χ0n) is 27.6. The maximum atomic E-state index is 14.0. The number of fused-ring (bicyclic) bond motifs is 1. The quantitative estimate of drug-likeness (QED) is 0.172. The summed E-state index contributed by atoms with van der Waals surface area (Å²) < 4.78 is 35.1. The van der Waals surface area contributed by atoms with E-state index in [1.807, 2.05) is 13.8 Å². The Balaban J connectivity index is 1.49. The SMILES string of the molecule is CCOC(=O)c1ccc(COc2c(Cl)cc(/C=c3/sc4n(c3=O)[C@H](c3ccc(OCC)c(OCC)c3)C(C(=O)OC)=CN=4)cc2OC)cc1. The highest BCUT2D eigenvalue weighted by molar-refractivity contribution is 7.07. The van der Waals surface area contributed by atoms with Gasteiger partial charge in [0.25, 0.3) is 5.56 Å². The van der Waals surface area contributed by atoms with Crippen LogP contribution in [0, 0.1) is 0 Å². The standard InChI is InChI=1S/C36H35ClN2O9S/c1-6-45-27-14-13-24(18-28(27)46-7-2)31-25(35(42)44-5)19-38-36-39(31)33(40)30(49-36)17-22-15-26(37)32(29(16-22)43-4)48-20-21-9-11-23(12-10-21)34(41)47-8-3/h9-19,31H,6-8,20H2,1-5H3/b30-17+/t31-/m1/s1. The van der Waals surface area contributed by atoms with Gasteiger partial charge in [-0.2, -0.15) is 0 Å². The number of rotatable bonds is 13. The van der Waals surface area contributed by atoms with E-state index in [1.165, 1.54) is 36.3 Å². The van der Waals surface area contributed by atoms with Crippen molar-refractivity contribution in [2.45, 2.75) is 33.4 Å². The molecule has 256 valence electrons. The molecule has 49 heavy (non-hydrogen) atoms. The Kier molecular flexibility index (Phi) is 11.4. The largest absolute Gasteiger partial charge is 0.493 e. The minimum Gasteiger partial charge on any atom is -0.493 e. The first kappa shape index (κ1) is 35.2. The van der Waals surface area contributed by atoms with E-state index >= 15 is 0 Å². The number of hydrogen-bond donors (Lipinski definition) is 0. The minimum absolute atomic E-state index is 0.163. The van der Waals surface area contributed by atoms with Crippen molar-refractivity contribution < 1.29 is 38.0 Å². The van der Waals surface area contributed by atoms with E-state index in [9.17, 15) is 14.4 Å². The van der Waals surface area contributed by atoms with Crippen LogP contribution in [0.4, 0.5) is 0 Å². The zero-order valence-corrected chi connectivity index (χ0v) is 29.2. The van der Waals surface area contributed by atoms with Gasteiger partial charge in [0.05, 0.1) is 60.8 Å². The van der Waals surface area contributed by atoms with Crippen molar-refractivity contribution in [2.24, 2.45) is 4.99 Å². The molecule has 4 aromatic rings. The summed E-state index contributed by atoms with van der Waals surface area (Å²) in [5.74, 6) is 0.710. The van der Waals surface area contributed by atoms with E-state index in [0.29, 0.717) is 68.8 Å². The Morgan fingerprint density at radius 3 is 2.31 bits per heavy atom. The van der Waals surface area contributed by atoms with Gasteiger partial charge in [0.2, 0.25) is 0 Å². The molecule has 5 rings (SSSR count). The summed E-state index contributed by atoms with van der Waals surface area (Å²) in [5.41, 5.74) is 2.28. The Morgan fingerprint density at radius 2 is 1.63 bits per heavy atom. The van der Waals surface area contributed by atoms with Gasteiger partial charge in [0.15, 0.2) is 27.8 Å². The summed E-state index contributed by atoms with van der Waals surface area (Å²) in [4.78, 5) is 43.7. The topological polar surface area (TPSA) is 124 Å². The fourth-order valence-corrected chi connectivity index (χ4v) is 6.45. The molecule has 3 aromatic carbocycles. The maximum Gasteiger partial charge on any atom is 0.338 e. The molecule has 0 amide bonds. The predicted molar refractivity (Wildman–Crippen MR) is 185 cm³/mol. The maximum absolute atomic E-state index is 14.0. The second kappa shape index (κ2) is 15.9. The molecule has 2 heterocycles. The third-order valence-electron chi connectivity index (χ3n) is 7.41. The molecule has 13 heteroatoms. The van der Waals surface area contributed by atoms with Crippen LogP contribution in [0.2, 0.25) is 5.02 Å². The lowest BCUT2D eigenvalue weighted by Gasteiger charge is -2.23. The third-order valence-corrected chi connectivity index (χ3v) is 8.68. The summed E-state index contributed by atoms with van der Waals surface area (Å²) in [5, 5.41) is 0.269. The van der Waals surface area contributed by atoms with Gasteiger partial charge in [0.1, 0.15) is 6.61 Å². The molecular weight excluding hydrogens is 672 g/mol. The number of aromatic nitrogens is 1. The normalized spacial score (nSPS) is 13.9. The van der Waals surface area contributed by atoms with Gasteiger partial charge in [-0.1, -0.05) is 41.1 Å². The molecule has 1 aliphatic heterocycles. The smallest absolute Gasteiger partial charge is 0.338 e. The monoisotopic (exact) mass is 706 g/mol. The number of carbonyl (C=O) groups is 2. The van der Waals surface area contributed by atoms with E-state index in [-0.39, 0.29) is 22.8 Å². The van der Waals surface area contributed by atoms with Crippen LogP contribution in [0.25, 0.3) is 6.08 Å². The number of hydrogen-bond acceptors (Lipinski definition) is 11. The van der Waals surface area contributed by atoms with E-state index in [4.69, 9.17) is 40.0 Å². The Labute approximate surface area is 291 Å². The van der Waals surface area contributed by atoms with Gasteiger partial charge in [-0.25, -0.2) is 14.6 Å². The summed E-state index contributed by atoms with van der Waals surface area (Å²) in [6.45, 7) is 6.78. The van der Waals surface area contributed by atoms with Crippen LogP contribution in [-0.2, 0) is 20.9 Å². The van der Waals surface area contributed by atoms with Crippen molar-refractivity contribution in [1.29, 1.82) is 0 Å². The average Bonchev–Trinajstić information content (AvgIpc) is 3.42. The molecule has 0 N–H and O–H groups in total. The Hall–Kier alpha value is -5.07. The van der Waals surface area contributed by atoms with Crippen LogP contribution in [0.5, 0.6) is 23.0 Å². The Bertz CT molecular complexity index is 2070. The summed E-state index contributed by atoms with van der Waals surface area (Å²) in [6.07, 6.45) is 3.11. The number of carbonyl (C=O) groups excluding carboxylic acids is 2. The van der Waals surface area contributed by atoms with E-state index < -0.39 is 18.0 Å².